The number of nitro groups is 2. The number of carbonyl (C=O) groups is 2. The van der Waals surface area contributed by atoms with Gasteiger partial charge in [0.05, 0.1) is 46.2 Å². The van der Waals surface area contributed by atoms with Gasteiger partial charge in [-0.25, -0.2) is 19.6 Å². The molecule has 0 radical (unpaired) electrons. The van der Waals surface area contributed by atoms with Crippen LogP contribution in [0, 0.1) is 47.1 Å². The first kappa shape index (κ1) is 44.6. The molecule has 0 saturated carbocycles. The molecule has 290 valence electrons. The second-order valence-corrected chi connectivity index (χ2v) is 12.8. The Bertz CT molecular complexity index is 2520. The van der Waals surface area contributed by atoms with Crippen molar-refractivity contribution in [2.45, 2.75) is 26.9 Å². The number of rotatable bonds is 10. The third kappa shape index (κ3) is 10.7. The minimum Gasteiger partial charge on any atom is -0.512 e. The molecule has 0 bridgehead atoms. The van der Waals surface area contributed by atoms with Crippen LogP contribution in [-0.4, -0.2) is 64.5 Å². The maximum absolute atomic E-state index is 11.9. The van der Waals surface area contributed by atoms with E-state index in [2.05, 4.69) is 20.2 Å². The van der Waals surface area contributed by atoms with Crippen molar-refractivity contribution >= 4 is 90.9 Å². The first-order valence-corrected chi connectivity index (χ1v) is 17.4. The zero-order valence-electron chi connectivity index (χ0n) is 28.8. The maximum atomic E-state index is 11.9. The zero-order valence-corrected chi connectivity index (χ0v) is 33.4. The molecule has 0 unspecified atom stereocenters. The van der Waals surface area contributed by atoms with Gasteiger partial charge < -0.3 is 21.3 Å². The Morgan fingerprint density at radius 3 is 1.66 bits per heavy atom. The fraction of sp³-hybridized carbons (Fsp3) is 0.176. The number of esters is 2. The quantitative estimate of drug-likeness (QED) is 0.0335. The molecule has 0 atom stereocenters. The van der Waals surface area contributed by atoms with Gasteiger partial charge in [-0.05, 0) is 71.8 Å². The van der Waals surface area contributed by atoms with Crippen molar-refractivity contribution in [2.75, 3.05) is 13.2 Å². The number of benzene rings is 2. The second-order valence-electron chi connectivity index (χ2n) is 10.9. The van der Waals surface area contributed by atoms with Gasteiger partial charge in [-0.3, -0.25) is 29.6 Å². The van der Waals surface area contributed by atoms with Gasteiger partial charge >= 0.3 is 29.0 Å². The Morgan fingerprint density at radius 2 is 1.23 bits per heavy atom. The third-order valence-electron chi connectivity index (χ3n) is 7.24. The van der Waals surface area contributed by atoms with Crippen LogP contribution in [-0.2, 0) is 39.6 Å². The molecular formula is C34H24Cl2CuIN10O8. The summed E-state index contributed by atoms with van der Waals surface area (Å²) in [5.74, 6) is -1.11. The monoisotopic (exact) mass is 960 g/mol. The number of fused-ring (bicyclic) bond motifs is 2. The van der Waals surface area contributed by atoms with E-state index in [4.69, 9.17) is 49.8 Å². The van der Waals surface area contributed by atoms with Crippen molar-refractivity contribution in [1.82, 2.24) is 29.5 Å². The van der Waals surface area contributed by atoms with E-state index in [1.54, 1.807) is 44.3 Å². The van der Waals surface area contributed by atoms with Gasteiger partial charge in [-0.15, -0.1) is 0 Å². The van der Waals surface area contributed by atoms with E-state index in [1.807, 2.05) is 28.7 Å². The molecule has 0 fully saturated rings. The summed E-state index contributed by atoms with van der Waals surface area (Å²) >= 11 is 13.8. The fourth-order valence-electron chi connectivity index (χ4n) is 5.13. The van der Waals surface area contributed by atoms with E-state index in [-0.39, 0.29) is 77.0 Å². The molecule has 22 heteroatoms. The van der Waals surface area contributed by atoms with Crippen molar-refractivity contribution in [1.29, 1.82) is 10.5 Å². The molecule has 0 N–H and O–H groups in total. The molecule has 0 aliphatic carbocycles. The van der Waals surface area contributed by atoms with Crippen LogP contribution in [0.25, 0.3) is 21.8 Å². The van der Waals surface area contributed by atoms with Gasteiger partial charge in [0.15, 0.2) is 5.69 Å². The summed E-state index contributed by atoms with van der Waals surface area (Å²) in [5.41, 5.74) is 1.71. The third-order valence-corrected chi connectivity index (χ3v) is 8.45. The van der Waals surface area contributed by atoms with Crippen molar-refractivity contribution in [2.24, 2.45) is 0 Å². The largest absolute Gasteiger partial charge is 1.00 e. The van der Waals surface area contributed by atoms with Crippen molar-refractivity contribution in [3.8, 4) is 6.07 Å². The molecule has 4 heterocycles. The van der Waals surface area contributed by atoms with E-state index in [0.717, 1.165) is 0 Å². The predicted octanol–water partition coefficient (Wildman–Crippen LogP) is 7.01. The number of hydrogen-bond donors (Lipinski definition) is 0. The number of aromatic nitrogens is 6. The Balaban J connectivity index is 0.000000283. The van der Waals surface area contributed by atoms with Crippen molar-refractivity contribution < 1.29 is 46.0 Å². The minimum absolute atomic E-state index is 0. The van der Waals surface area contributed by atoms with Crippen LogP contribution in [0.15, 0.2) is 61.2 Å². The molecule has 0 aliphatic heterocycles. The topological polar surface area (TPSA) is 248 Å². The smallest absolute Gasteiger partial charge is 0.512 e. The van der Waals surface area contributed by atoms with Crippen LogP contribution in [0.5, 0.6) is 0 Å². The van der Waals surface area contributed by atoms with E-state index in [0.29, 0.717) is 41.2 Å². The van der Waals surface area contributed by atoms with Gasteiger partial charge in [-0.2, -0.15) is 15.5 Å². The zero-order chi connectivity index (χ0) is 40.4. The molecule has 0 spiro atoms. The second kappa shape index (κ2) is 20.2. The van der Waals surface area contributed by atoms with E-state index >= 15 is 0 Å². The average molecular weight is 962 g/mol. The summed E-state index contributed by atoms with van der Waals surface area (Å²) < 4.78 is 13.3. The standard InChI is InChI=1S/C17H12ClN5O4.C16H12ClIN4O4.CN.Cu/c1-2-27-17(24)13-9-22(21-14(13)6-19)8-10-3-11-5-12(18)7-20-16(11)15(4-10)23(25)26;1-2-26-16(23)12-8-21(20-15(12)18)7-9-3-10-5-11(17)6-19-14(10)13(4-9)22(24)25;1-2;/h3-5,7,9H,2,8H2,1H3;3-6,8H,2,7H2,1H3;;/q;;-1;+1. The number of nitrogens with zero attached hydrogens (tertiary/aromatic N) is 10. The number of non-ortho nitro benzene ring substituents is 2. The van der Waals surface area contributed by atoms with E-state index in [1.165, 1.54) is 40.1 Å². The number of ether oxygens (including phenoxy) is 2. The van der Waals surface area contributed by atoms with Crippen molar-refractivity contribution in [3.63, 3.8) is 0 Å². The molecule has 0 saturated heterocycles. The number of pyridine rings is 2. The number of nitro benzene ring substituents is 2. The molecule has 0 aliphatic rings. The summed E-state index contributed by atoms with van der Waals surface area (Å²) in [4.78, 5) is 53.6. The van der Waals surface area contributed by atoms with Crippen LogP contribution >= 0.6 is 45.8 Å². The van der Waals surface area contributed by atoms with Crippen LogP contribution in [0.3, 0.4) is 0 Å². The van der Waals surface area contributed by atoms with Crippen LogP contribution in [0.1, 0.15) is 51.4 Å². The Labute approximate surface area is 350 Å². The fourth-order valence-corrected chi connectivity index (χ4v) is 6.10. The predicted molar refractivity (Wildman–Crippen MR) is 204 cm³/mol. The maximum Gasteiger partial charge on any atom is 1.00 e. The van der Waals surface area contributed by atoms with Crippen LogP contribution in [0.2, 0.25) is 10.0 Å². The summed E-state index contributed by atoms with van der Waals surface area (Å²) in [5, 5.41) is 48.3. The molecule has 18 nitrogen and oxygen atoms in total. The normalized spacial score (nSPS) is 10.2. The molecule has 4 aromatic heterocycles. The van der Waals surface area contributed by atoms with Gasteiger partial charge in [-0.1, -0.05) is 23.2 Å². The molecule has 56 heavy (non-hydrogen) atoms. The molecular weight excluding hydrogens is 938 g/mol. The van der Waals surface area contributed by atoms with Gasteiger partial charge in [0.2, 0.25) is 0 Å². The Kier molecular flexibility index (Phi) is 16.1. The Morgan fingerprint density at radius 1 is 0.804 bits per heavy atom. The van der Waals surface area contributed by atoms with E-state index < -0.39 is 21.8 Å². The number of hydrogen-bond acceptors (Lipinski definition) is 14. The molecule has 2 aromatic carbocycles. The summed E-state index contributed by atoms with van der Waals surface area (Å²) in [6.07, 6.45) is 5.65. The number of carbonyl (C=O) groups excluding carboxylic acids is 2. The van der Waals surface area contributed by atoms with Crippen LogP contribution in [0.4, 0.5) is 11.4 Å². The number of halogens is 3. The molecule has 6 rings (SSSR count). The summed E-state index contributed by atoms with van der Waals surface area (Å²) in [7, 11) is 0. The minimum atomic E-state index is -0.652. The summed E-state index contributed by atoms with van der Waals surface area (Å²) in [6.45, 7) is 8.92. The number of nitriles is 1. The Hall–Kier alpha value is -5.77. The van der Waals surface area contributed by atoms with Gasteiger partial charge in [0, 0.05) is 47.7 Å². The molecule has 6 aromatic rings. The summed E-state index contributed by atoms with van der Waals surface area (Å²) in [6, 6.07) is 11.3. The molecule has 0 amide bonds. The SMILES string of the molecule is CCOC(=O)c1cn(Cc2cc([N+](=O)[O-])c3ncc(Cl)cc3c2)nc1C#N.CCOC(=O)c1cn(Cc2cc([N+](=O)[O-])c3ncc(Cl)cc3c2)nc1I.[C-]#N.[Cu+]. The first-order chi connectivity index (χ1) is 26.3. The first-order valence-electron chi connectivity index (χ1n) is 15.5. The average Bonchev–Trinajstić information content (AvgIpc) is 3.74. The van der Waals surface area contributed by atoms with Crippen LogP contribution < -0.4 is 0 Å². The van der Waals surface area contributed by atoms with Gasteiger partial charge in [0.1, 0.15) is 31.9 Å². The van der Waals surface area contributed by atoms with E-state index in [9.17, 15) is 29.8 Å². The van der Waals surface area contributed by atoms with Gasteiger partial charge in [0.25, 0.3) is 11.4 Å². The van der Waals surface area contributed by atoms with Crippen molar-refractivity contribution in [3.05, 3.63) is 130 Å².